The van der Waals surface area contributed by atoms with Crippen LogP contribution in [-0.2, 0) is 11.2 Å². The SMILES string of the molecule is NNC(Cc1cc(Br)cs1)C1CC2CCC1O2. The second-order valence-corrected chi connectivity index (χ2v) is 6.89. The summed E-state index contributed by atoms with van der Waals surface area (Å²) in [4.78, 5) is 1.38. The summed E-state index contributed by atoms with van der Waals surface area (Å²) in [7, 11) is 0. The Morgan fingerprint density at radius 3 is 3.00 bits per heavy atom. The molecule has 94 valence electrons. The Kier molecular flexibility index (Phi) is 3.54. The van der Waals surface area contributed by atoms with E-state index in [1.807, 2.05) is 0 Å². The summed E-state index contributed by atoms with van der Waals surface area (Å²) < 4.78 is 7.07. The predicted molar refractivity (Wildman–Crippen MR) is 72.8 cm³/mol. The van der Waals surface area contributed by atoms with E-state index in [0.29, 0.717) is 24.2 Å². The molecular weight excluding hydrogens is 300 g/mol. The Morgan fingerprint density at radius 1 is 1.59 bits per heavy atom. The molecule has 4 unspecified atom stereocenters. The van der Waals surface area contributed by atoms with Crippen LogP contribution >= 0.6 is 27.3 Å². The van der Waals surface area contributed by atoms with Gasteiger partial charge in [0.2, 0.25) is 0 Å². The highest BCUT2D eigenvalue weighted by molar-refractivity contribution is 9.10. The third kappa shape index (κ3) is 2.44. The first-order valence-corrected chi connectivity index (χ1v) is 7.78. The number of hydrogen-bond donors (Lipinski definition) is 2. The molecule has 1 aromatic rings. The minimum atomic E-state index is 0.343. The van der Waals surface area contributed by atoms with Gasteiger partial charge in [-0.3, -0.25) is 11.3 Å². The van der Waals surface area contributed by atoms with Crippen LogP contribution in [-0.4, -0.2) is 18.2 Å². The number of halogens is 1. The summed E-state index contributed by atoms with van der Waals surface area (Å²) in [6.07, 6.45) is 5.56. The Balaban J connectivity index is 1.67. The van der Waals surface area contributed by atoms with Crippen LogP contribution in [0.25, 0.3) is 0 Å². The molecule has 0 radical (unpaired) electrons. The van der Waals surface area contributed by atoms with Crippen molar-refractivity contribution in [2.45, 2.75) is 43.9 Å². The molecule has 2 aliphatic rings. The fourth-order valence-electron chi connectivity index (χ4n) is 3.11. The normalized spacial score (nSPS) is 33.2. The van der Waals surface area contributed by atoms with Crippen LogP contribution in [0.4, 0.5) is 0 Å². The van der Waals surface area contributed by atoms with Crippen molar-refractivity contribution in [1.29, 1.82) is 0 Å². The smallest absolute Gasteiger partial charge is 0.0624 e. The summed E-state index contributed by atoms with van der Waals surface area (Å²) in [5.74, 6) is 6.31. The van der Waals surface area contributed by atoms with Crippen LogP contribution < -0.4 is 11.3 Å². The van der Waals surface area contributed by atoms with Crippen LogP contribution in [0.2, 0.25) is 0 Å². The van der Waals surface area contributed by atoms with Gasteiger partial charge in [0.1, 0.15) is 0 Å². The summed E-state index contributed by atoms with van der Waals surface area (Å²) in [5.41, 5.74) is 3.00. The Hall–Kier alpha value is 0.0600. The first-order chi connectivity index (χ1) is 8.26. The lowest BCUT2D eigenvalue weighted by atomic mass is 9.82. The summed E-state index contributed by atoms with van der Waals surface area (Å²) in [6, 6.07) is 2.53. The van der Waals surface area contributed by atoms with Crippen LogP contribution in [0.1, 0.15) is 24.1 Å². The third-order valence-electron chi connectivity index (χ3n) is 3.93. The number of thiophene rings is 1. The van der Waals surface area contributed by atoms with Crippen LogP contribution in [0.5, 0.6) is 0 Å². The molecule has 3 rings (SSSR count). The molecule has 3 heterocycles. The number of nitrogens with two attached hydrogens (primary N) is 1. The van der Waals surface area contributed by atoms with E-state index in [1.54, 1.807) is 11.3 Å². The predicted octanol–water partition coefficient (Wildman–Crippen LogP) is 2.45. The quantitative estimate of drug-likeness (QED) is 0.662. The van der Waals surface area contributed by atoms with Crippen molar-refractivity contribution in [3.05, 3.63) is 20.8 Å². The van der Waals surface area contributed by atoms with Gasteiger partial charge < -0.3 is 4.74 Å². The van der Waals surface area contributed by atoms with Gasteiger partial charge in [-0.25, -0.2) is 0 Å². The van der Waals surface area contributed by atoms with E-state index in [4.69, 9.17) is 10.6 Å². The third-order valence-corrected chi connectivity index (χ3v) is 5.65. The second kappa shape index (κ2) is 4.97. The van der Waals surface area contributed by atoms with E-state index < -0.39 is 0 Å². The van der Waals surface area contributed by atoms with Gasteiger partial charge in [0.25, 0.3) is 0 Å². The minimum Gasteiger partial charge on any atom is -0.375 e. The lowest BCUT2D eigenvalue weighted by Crippen LogP contribution is -2.45. The van der Waals surface area contributed by atoms with Crippen molar-refractivity contribution in [3.63, 3.8) is 0 Å². The maximum atomic E-state index is 5.91. The standard InChI is InChI=1S/C12H17BrN2OS/c13-7-3-9(17-6-7)5-11(15-14)10-4-8-1-2-12(10)16-8/h3,6,8,10-12,15H,1-2,4-5,14H2. The maximum Gasteiger partial charge on any atom is 0.0624 e. The zero-order chi connectivity index (χ0) is 11.8. The number of ether oxygens (including phenoxy) is 1. The molecule has 0 aromatic carbocycles. The van der Waals surface area contributed by atoms with Gasteiger partial charge in [-0.15, -0.1) is 11.3 Å². The molecule has 1 aromatic heterocycles. The first kappa shape index (κ1) is 12.1. The molecule has 17 heavy (non-hydrogen) atoms. The fraction of sp³-hybridized carbons (Fsp3) is 0.667. The molecule has 0 aliphatic carbocycles. The number of rotatable bonds is 4. The zero-order valence-corrected chi connectivity index (χ0v) is 12.0. The lowest BCUT2D eigenvalue weighted by Gasteiger charge is -2.27. The molecule has 0 amide bonds. The van der Waals surface area contributed by atoms with Crippen molar-refractivity contribution < 1.29 is 4.74 Å². The van der Waals surface area contributed by atoms with E-state index in [2.05, 4.69) is 32.8 Å². The zero-order valence-electron chi connectivity index (χ0n) is 9.56. The number of fused-ring (bicyclic) bond motifs is 2. The summed E-state index contributed by atoms with van der Waals surface area (Å²) >= 11 is 5.28. The van der Waals surface area contributed by atoms with Crippen molar-refractivity contribution in [1.82, 2.24) is 5.43 Å². The maximum absolute atomic E-state index is 5.91. The van der Waals surface area contributed by atoms with Crippen molar-refractivity contribution >= 4 is 27.3 Å². The molecule has 0 saturated carbocycles. The monoisotopic (exact) mass is 316 g/mol. The number of hydrogen-bond acceptors (Lipinski definition) is 4. The highest BCUT2D eigenvalue weighted by Crippen LogP contribution is 2.41. The summed E-state index contributed by atoms with van der Waals surface area (Å²) in [6.45, 7) is 0. The van der Waals surface area contributed by atoms with Gasteiger partial charge in [0.05, 0.1) is 12.2 Å². The Morgan fingerprint density at radius 2 is 2.47 bits per heavy atom. The average molecular weight is 317 g/mol. The molecule has 2 fully saturated rings. The molecule has 2 bridgehead atoms. The molecule has 0 spiro atoms. The van der Waals surface area contributed by atoms with Gasteiger partial charge in [0, 0.05) is 26.7 Å². The van der Waals surface area contributed by atoms with Crippen LogP contribution in [0, 0.1) is 5.92 Å². The molecule has 4 atom stereocenters. The van der Waals surface area contributed by atoms with E-state index >= 15 is 0 Å². The molecular formula is C12H17BrN2OS. The van der Waals surface area contributed by atoms with E-state index in [9.17, 15) is 0 Å². The molecule has 3 nitrogen and oxygen atoms in total. The van der Waals surface area contributed by atoms with Gasteiger partial charge in [-0.05, 0) is 47.7 Å². The lowest BCUT2D eigenvalue weighted by molar-refractivity contribution is 0.0858. The molecule has 2 saturated heterocycles. The van der Waals surface area contributed by atoms with E-state index in [1.165, 1.54) is 24.1 Å². The van der Waals surface area contributed by atoms with Crippen molar-refractivity contribution in [2.75, 3.05) is 0 Å². The van der Waals surface area contributed by atoms with E-state index in [0.717, 1.165) is 10.9 Å². The fourth-order valence-corrected chi connectivity index (χ4v) is 4.62. The highest BCUT2D eigenvalue weighted by atomic mass is 79.9. The van der Waals surface area contributed by atoms with Gasteiger partial charge >= 0.3 is 0 Å². The average Bonchev–Trinajstić information content (AvgIpc) is 3.01. The summed E-state index contributed by atoms with van der Waals surface area (Å²) in [5, 5.41) is 2.13. The first-order valence-electron chi connectivity index (χ1n) is 6.11. The largest absolute Gasteiger partial charge is 0.375 e. The number of nitrogens with one attached hydrogen (secondary N) is 1. The Labute approximate surface area is 114 Å². The van der Waals surface area contributed by atoms with Gasteiger partial charge in [-0.1, -0.05) is 0 Å². The van der Waals surface area contributed by atoms with Gasteiger partial charge in [0.15, 0.2) is 0 Å². The van der Waals surface area contributed by atoms with Crippen LogP contribution in [0.15, 0.2) is 15.9 Å². The molecule has 3 N–H and O–H groups in total. The second-order valence-electron chi connectivity index (χ2n) is 4.98. The molecule has 2 aliphatic heterocycles. The van der Waals surface area contributed by atoms with Crippen LogP contribution in [0.3, 0.4) is 0 Å². The minimum absolute atomic E-state index is 0.343. The van der Waals surface area contributed by atoms with E-state index in [-0.39, 0.29) is 0 Å². The van der Waals surface area contributed by atoms with Gasteiger partial charge in [-0.2, -0.15) is 0 Å². The van der Waals surface area contributed by atoms with Crippen molar-refractivity contribution in [2.24, 2.45) is 11.8 Å². The number of hydrazine groups is 1. The van der Waals surface area contributed by atoms with Crippen molar-refractivity contribution in [3.8, 4) is 0 Å². The topological polar surface area (TPSA) is 47.3 Å². The highest BCUT2D eigenvalue weighted by Gasteiger charge is 2.44. The Bertz CT molecular complexity index is 398. The molecule has 5 heteroatoms.